The zero-order valence-electron chi connectivity index (χ0n) is 15.2. The van der Waals surface area contributed by atoms with Gasteiger partial charge in [0, 0.05) is 11.9 Å². The molecule has 2 aromatic heterocycles. The third-order valence-electron chi connectivity index (χ3n) is 3.93. The number of rotatable bonds is 4. The highest BCUT2D eigenvalue weighted by Gasteiger charge is 2.09. The second-order valence-corrected chi connectivity index (χ2v) is 7.57. The Morgan fingerprint density at radius 3 is 2.41 bits per heavy atom. The molecule has 0 saturated heterocycles. The third kappa shape index (κ3) is 4.42. The standard InChI is InChI=1S/C21H14ClN3O3S/c1-13(26)28-17-9-4-15(5-10-17)12-18-20(27)25-21(29-18)23-19(24-25)11-6-14-2-7-16(22)8-3-14/h2-12H,1H3. The molecule has 0 saturated carbocycles. The summed E-state index contributed by atoms with van der Waals surface area (Å²) in [6.07, 6.45) is 5.36. The Balaban J connectivity index is 1.59. The number of carbonyl (C=O) groups is 1. The van der Waals surface area contributed by atoms with Gasteiger partial charge in [-0.15, -0.1) is 5.10 Å². The summed E-state index contributed by atoms with van der Waals surface area (Å²) in [5, 5.41) is 4.94. The van der Waals surface area contributed by atoms with Crippen molar-refractivity contribution in [1.82, 2.24) is 14.6 Å². The zero-order chi connectivity index (χ0) is 20.4. The van der Waals surface area contributed by atoms with Gasteiger partial charge in [-0.25, -0.2) is 0 Å². The molecule has 0 aliphatic carbocycles. The van der Waals surface area contributed by atoms with Gasteiger partial charge in [-0.2, -0.15) is 9.50 Å². The molecule has 0 fully saturated rings. The van der Waals surface area contributed by atoms with Crippen LogP contribution in [0.15, 0.2) is 53.3 Å². The number of halogens is 1. The summed E-state index contributed by atoms with van der Waals surface area (Å²) in [4.78, 5) is 28.5. The maximum absolute atomic E-state index is 12.6. The van der Waals surface area contributed by atoms with E-state index < -0.39 is 0 Å². The molecule has 0 unspecified atom stereocenters. The highest BCUT2D eigenvalue weighted by Crippen LogP contribution is 2.14. The summed E-state index contributed by atoms with van der Waals surface area (Å²) in [5.41, 5.74) is 1.54. The molecule has 29 heavy (non-hydrogen) atoms. The molecule has 2 heterocycles. The average molecular weight is 424 g/mol. The fraction of sp³-hybridized carbons (Fsp3) is 0.0476. The molecule has 0 radical (unpaired) electrons. The predicted molar refractivity (Wildman–Crippen MR) is 114 cm³/mol. The topological polar surface area (TPSA) is 73.6 Å². The van der Waals surface area contributed by atoms with E-state index in [1.807, 2.05) is 18.2 Å². The summed E-state index contributed by atoms with van der Waals surface area (Å²) >= 11 is 7.14. The molecule has 8 heteroatoms. The van der Waals surface area contributed by atoms with Crippen molar-refractivity contribution in [3.8, 4) is 5.75 Å². The van der Waals surface area contributed by atoms with Gasteiger partial charge in [0.05, 0.1) is 4.53 Å². The Morgan fingerprint density at radius 1 is 1.07 bits per heavy atom. The van der Waals surface area contributed by atoms with E-state index >= 15 is 0 Å². The Labute approximate surface area is 174 Å². The number of carbonyl (C=O) groups excluding carboxylic acids is 1. The molecule has 0 atom stereocenters. The quantitative estimate of drug-likeness (QED) is 0.371. The first kappa shape index (κ1) is 19.0. The Hall–Kier alpha value is -3.29. The fourth-order valence-corrected chi connectivity index (χ4v) is 3.65. The lowest BCUT2D eigenvalue weighted by atomic mass is 10.2. The predicted octanol–water partition coefficient (Wildman–Crippen LogP) is 3.45. The number of esters is 1. The molecule has 0 bridgehead atoms. The average Bonchev–Trinajstić information content (AvgIpc) is 3.22. The second-order valence-electron chi connectivity index (χ2n) is 6.13. The van der Waals surface area contributed by atoms with Crippen LogP contribution >= 0.6 is 22.9 Å². The van der Waals surface area contributed by atoms with E-state index in [4.69, 9.17) is 16.3 Å². The zero-order valence-corrected chi connectivity index (χ0v) is 16.8. The van der Waals surface area contributed by atoms with Gasteiger partial charge in [0.15, 0.2) is 5.82 Å². The number of hydrogen-bond acceptors (Lipinski definition) is 6. The molecule has 0 aliphatic rings. The number of nitrogens with zero attached hydrogens (tertiary/aromatic N) is 3. The summed E-state index contributed by atoms with van der Waals surface area (Å²) in [5.74, 6) is 0.535. The van der Waals surface area contributed by atoms with Crippen molar-refractivity contribution in [2.24, 2.45) is 0 Å². The van der Waals surface area contributed by atoms with Crippen LogP contribution < -0.4 is 14.8 Å². The number of benzene rings is 2. The van der Waals surface area contributed by atoms with E-state index in [1.165, 1.54) is 22.8 Å². The summed E-state index contributed by atoms with van der Waals surface area (Å²) in [7, 11) is 0. The van der Waals surface area contributed by atoms with E-state index in [1.54, 1.807) is 48.6 Å². The molecular weight excluding hydrogens is 410 g/mol. The first-order valence-corrected chi connectivity index (χ1v) is 9.81. The van der Waals surface area contributed by atoms with Gasteiger partial charge in [-0.1, -0.05) is 53.3 Å². The minimum Gasteiger partial charge on any atom is -0.427 e. The number of hydrogen-bond donors (Lipinski definition) is 0. The van der Waals surface area contributed by atoms with Crippen LogP contribution in [0, 0.1) is 0 Å². The van der Waals surface area contributed by atoms with Crippen LogP contribution in [0.5, 0.6) is 5.75 Å². The summed E-state index contributed by atoms with van der Waals surface area (Å²) < 4.78 is 6.82. The van der Waals surface area contributed by atoms with E-state index in [0.717, 1.165) is 11.1 Å². The molecule has 0 aliphatic heterocycles. The molecule has 0 spiro atoms. The maximum Gasteiger partial charge on any atom is 0.308 e. The lowest BCUT2D eigenvalue weighted by Crippen LogP contribution is -2.23. The van der Waals surface area contributed by atoms with Crippen molar-refractivity contribution < 1.29 is 9.53 Å². The van der Waals surface area contributed by atoms with Gasteiger partial charge in [0.25, 0.3) is 5.56 Å². The van der Waals surface area contributed by atoms with Crippen molar-refractivity contribution >= 4 is 52.1 Å². The lowest BCUT2D eigenvalue weighted by molar-refractivity contribution is -0.131. The molecule has 144 valence electrons. The highest BCUT2D eigenvalue weighted by molar-refractivity contribution is 7.15. The Kier molecular flexibility index (Phi) is 5.24. The number of ether oxygens (including phenoxy) is 1. The van der Waals surface area contributed by atoms with Crippen LogP contribution in [-0.4, -0.2) is 20.6 Å². The van der Waals surface area contributed by atoms with Crippen molar-refractivity contribution in [1.29, 1.82) is 0 Å². The molecule has 4 aromatic rings. The van der Waals surface area contributed by atoms with Gasteiger partial charge in [0.2, 0.25) is 4.96 Å². The van der Waals surface area contributed by atoms with E-state index in [-0.39, 0.29) is 11.5 Å². The van der Waals surface area contributed by atoms with Gasteiger partial charge >= 0.3 is 5.97 Å². The van der Waals surface area contributed by atoms with Crippen LogP contribution in [-0.2, 0) is 4.79 Å². The molecule has 6 nitrogen and oxygen atoms in total. The normalized spacial score (nSPS) is 12.1. The van der Waals surface area contributed by atoms with Crippen LogP contribution in [0.4, 0.5) is 0 Å². The SMILES string of the molecule is CC(=O)Oc1ccc(C=c2sc3nc(C=Cc4ccc(Cl)cc4)nn3c2=O)cc1. The first-order chi connectivity index (χ1) is 14.0. The second kappa shape index (κ2) is 7.98. The number of fused-ring (bicyclic) bond motifs is 1. The Morgan fingerprint density at radius 2 is 1.76 bits per heavy atom. The highest BCUT2D eigenvalue weighted by atomic mass is 35.5. The van der Waals surface area contributed by atoms with Crippen LogP contribution in [0.1, 0.15) is 23.9 Å². The number of thiazole rings is 1. The lowest BCUT2D eigenvalue weighted by Gasteiger charge is -2.00. The van der Waals surface area contributed by atoms with Gasteiger partial charge in [-0.3, -0.25) is 9.59 Å². The van der Waals surface area contributed by atoms with Crippen LogP contribution in [0.2, 0.25) is 5.02 Å². The van der Waals surface area contributed by atoms with Gasteiger partial charge in [-0.05, 0) is 47.5 Å². The number of aromatic nitrogens is 3. The summed E-state index contributed by atoms with van der Waals surface area (Å²) in [6.45, 7) is 1.34. The van der Waals surface area contributed by atoms with Crippen molar-refractivity contribution in [3.05, 3.63) is 85.4 Å². The van der Waals surface area contributed by atoms with Crippen LogP contribution in [0.3, 0.4) is 0 Å². The minimum atomic E-state index is -0.380. The van der Waals surface area contributed by atoms with Crippen molar-refractivity contribution in [3.63, 3.8) is 0 Å². The molecule has 0 amide bonds. The monoisotopic (exact) mass is 423 g/mol. The van der Waals surface area contributed by atoms with E-state index in [0.29, 0.717) is 26.1 Å². The first-order valence-electron chi connectivity index (χ1n) is 8.61. The molecule has 2 aromatic carbocycles. The van der Waals surface area contributed by atoms with E-state index in [2.05, 4.69) is 10.1 Å². The van der Waals surface area contributed by atoms with E-state index in [9.17, 15) is 9.59 Å². The molecular formula is C21H14ClN3O3S. The third-order valence-corrected chi connectivity index (χ3v) is 5.14. The molecule has 4 rings (SSSR count). The van der Waals surface area contributed by atoms with Crippen LogP contribution in [0.25, 0.3) is 23.2 Å². The van der Waals surface area contributed by atoms with Crippen molar-refractivity contribution in [2.45, 2.75) is 6.92 Å². The van der Waals surface area contributed by atoms with Crippen molar-refractivity contribution in [2.75, 3.05) is 0 Å². The maximum atomic E-state index is 12.6. The largest absolute Gasteiger partial charge is 0.427 e. The van der Waals surface area contributed by atoms with Gasteiger partial charge < -0.3 is 4.74 Å². The van der Waals surface area contributed by atoms with Gasteiger partial charge in [0.1, 0.15) is 5.75 Å². The molecule has 0 N–H and O–H groups in total. The minimum absolute atomic E-state index is 0.229. The Bertz CT molecular complexity index is 1320. The smallest absolute Gasteiger partial charge is 0.308 e. The fourth-order valence-electron chi connectivity index (χ4n) is 2.61. The summed E-state index contributed by atoms with van der Waals surface area (Å²) in [6, 6.07) is 14.3.